The second kappa shape index (κ2) is 8.94. The van der Waals surface area contributed by atoms with Gasteiger partial charge in [0, 0.05) is 5.41 Å². The van der Waals surface area contributed by atoms with Gasteiger partial charge >= 0.3 is 5.97 Å². The second-order valence-corrected chi connectivity index (χ2v) is 7.11. The van der Waals surface area contributed by atoms with Crippen molar-refractivity contribution >= 4 is 17.7 Å². The van der Waals surface area contributed by atoms with Crippen molar-refractivity contribution < 1.29 is 23.9 Å². The number of nitrogens with zero attached hydrogens (tertiary/aromatic N) is 1. The number of amides is 1. The molecule has 6 heteroatoms. The normalized spacial score (nSPS) is 17.2. The van der Waals surface area contributed by atoms with E-state index in [1.165, 1.54) is 10.5 Å². The highest BCUT2D eigenvalue weighted by Crippen LogP contribution is 2.24. The molecule has 1 heterocycles. The Morgan fingerprint density at radius 2 is 1.92 bits per heavy atom. The van der Waals surface area contributed by atoms with Crippen molar-refractivity contribution in [2.75, 3.05) is 19.9 Å². The maximum Gasteiger partial charge on any atom is 0.331 e. The zero-order valence-electron chi connectivity index (χ0n) is 15.7. The molecule has 0 N–H and O–H groups in total. The fourth-order valence-electron chi connectivity index (χ4n) is 2.61. The molecule has 1 aromatic rings. The molecule has 1 atom stereocenters. The zero-order valence-corrected chi connectivity index (χ0v) is 15.7. The highest BCUT2D eigenvalue weighted by Gasteiger charge is 2.42. The fourth-order valence-corrected chi connectivity index (χ4v) is 2.61. The molecule has 142 valence electrons. The molecule has 0 saturated carbocycles. The van der Waals surface area contributed by atoms with Crippen LogP contribution in [-0.4, -0.2) is 48.5 Å². The molecule has 0 radical (unpaired) electrons. The molecule has 6 nitrogen and oxygen atoms in total. The number of benzene rings is 1. The van der Waals surface area contributed by atoms with Crippen molar-refractivity contribution in [1.29, 1.82) is 0 Å². The lowest BCUT2D eigenvalue weighted by Gasteiger charge is -2.25. The maximum atomic E-state index is 12.5. The van der Waals surface area contributed by atoms with E-state index in [0.717, 1.165) is 6.42 Å². The molecular weight excluding hydrogens is 334 g/mol. The largest absolute Gasteiger partial charge is 0.464 e. The summed E-state index contributed by atoms with van der Waals surface area (Å²) in [5, 5.41) is 0. The summed E-state index contributed by atoms with van der Waals surface area (Å²) in [6.07, 6.45) is 2.04. The van der Waals surface area contributed by atoms with Gasteiger partial charge in [0.2, 0.25) is 5.78 Å². The van der Waals surface area contributed by atoms with Gasteiger partial charge in [0.1, 0.15) is 6.73 Å². The van der Waals surface area contributed by atoms with E-state index in [-0.39, 0.29) is 19.9 Å². The number of aryl methyl sites for hydroxylation is 1. The molecule has 2 rings (SSSR count). The zero-order chi connectivity index (χ0) is 19.2. The first-order chi connectivity index (χ1) is 12.4. The lowest BCUT2D eigenvalue weighted by molar-refractivity contribution is -0.157. The van der Waals surface area contributed by atoms with Gasteiger partial charge in [0.15, 0.2) is 6.04 Å². The first-order valence-corrected chi connectivity index (χ1v) is 9.00. The number of hydrogen-bond donors (Lipinski definition) is 0. The molecule has 1 fully saturated rings. The summed E-state index contributed by atoms with van der Waals surface area (Å²) in [6, 6.07) is 9.08. The first kappa shape index (κ1) is 20.1. The van der Waals surface area contributed by atoms with Crippen molar-refractivity contribution in [3.05, 3.63) is 35.9 Å². The van der Waals surface area contributed by atoms with E-state index in [1.54, 1.807) is 13.8 Å². The van der Waals surface area contributed by atoms with Crippen LogP contribution in [-0.2, 0) is 30.3 Å². The maximum absolute atomic E-state index is 12.5. The summed E-state index contributed by atoms with van der Waals surface area (Å²) < 4.78 is 10.5. The van der Waals surface area contributed by atoms with Gasteiger partial charge in [-0.05, 0) is 24.8 Å². The first-order valence-electron chi connectivity index (χ1n) is 9.00. The van der Waals surface area contributed by atoms with Gasteiger partial charge in [-0.25, -0.2) is 4.79 Å². The summed E-state index contributed by atoms with van der Waals surface area (Å²) in [5.41, 5.74) is 0.418. The lowest BCUT2D eigenvalue weighted by Crippen LogP contribution is -2.48. The Labute approximate surface area is 154 Å². The summed E-state index contributed by atoms with van der Waals surface area (Å²) in [7, 11) is 0. The topological polar surface area (TPSA) is 72.9 Å². The van der Waals surface area contributed by atoms with Crippen LogP contribution in [0.25, 0.3) is 0 Å². The minimum absolute atomic E-state index is 0.0586. The van der Waals surface area contributed by atoms with E-state index in [2.05, 4.69) is 0 Å². The van der Waals surface area contributed by atoms with Crippen molar-refractivity contribution in [3.63, 3.8) is 0 Å². The van der Waals surface area contributed by atoms with Crippen LogP contribution in [0.4, 0.5) is 0 Å². The van der Waals surface area contributed by atoms with E-state index in [9.17, 15) is 14.4 Å². The molecular formula is C20H27NO5. The fraction of sp³-hybridized carbons (Fsp3) is 0.550. The van der Waals surface area contributed by atoms with E-state index < -0.39 is 29.1 Å². The molecule has 0 aliphatic carbocycles. The molecule has 26 heavy (non-hydrogen) atoms. The Bertz CT molecular complexity index is 641. The number of carbonyl (C=O) groups excluding carboxylic acids is 3. The van der Waals surface area contributed by atoms with Gasteiger partial charge in [-0.2, -0.15) is 0 Å². The summed E-state index contributed by atoms with van der Waals surface area (Å²) >= 11 is 0. The van der Waals surface area contributed by atoms with Crippen LogP contribution < -0.4 is 0 Å². The molecule has 1 aromatic carbocycles. The Morgan fingerprint density at radius 1 is 1.23 bits per heavy atom. The number of Topliss-reactive ketones (excluding diaryl/α,β-unsaturated/α-hetero) is 1. The van der Waals surface area contributed by atoms with Crippen molar-refractivity contribution in [2.45, 2.75) is 46.1 Å². The third kappa shape index (κ3) is 4.91. The second-order valence-electron chi connectivity index (χ2n) is 7.11. The smallest absolute Gasteiger partial charge is 0.331 e. The molecule has 0 aromatic heterocycles. The predicted molar refractivity (Wildman–Crippen MR) is 96.3 cm³/mol. The van der Waals surface area contributed by atoms with Crippen molar-refractivity contribution in [3.8, 4) is 0 Å². The van der Waals surface area contributed by atoms with E-state index >= 15 is 0 Å². The molecule has 1 amide bonds. The van der Waals surface area contributed by atoms with Crippen LogP contribution in [0.5, 0.6) is 0 Å². The van der Waals surface area contributed by atoms with E-state index in [1.807, 2.05) is 37.3 Å². The van der Waals surface area contributed by atoms with Crippen LogP contribution >= 0.6 is 0 Å². The van der Waals surface area contributed by atoms with Crippen LogP contribution in [0, 0.1) is 5.41 Å². The third-order valence-electron chi connectivity index (χ3n) is 4.80. The number of esters is 1. The minimum atomic E-state index is -0.851. The van der Waals surface area contributed by atoms with Gasteiger partial charge < -0.3 is 9.47 Å². The van der Waals surface area contributed by atoms with Crippen LogP contribution in [0.15, 0.2) is 30.3 Å². The molecule has 0 unspecified atom stereocenters. The van der Waals surface area contributed by atoms with Gasteiger partial charge in [-0.3, -0.25) is 14.5 Å². The van der Waals surface area contributed by atoms with E-state index in [4.69, 9.17) is 9.47 Å². The summed E-state index contributed by atoms with van der Waals surface area (Å²) in [4.78, 5) is 38.3. The lowest BCUT2D eigenvalue weighted by atomic mass is 9.84. The third-order valence-corrected chi connectivity index (χ3v) is 4.80. The predicted octanol–water partition coefficient (Wildman–Crippen LogP) is 2.35. The number of hydrogen-bond acceptors (Lipinski definition) is 5. The van der Waals surface area contributed by atoms with Crippen molar-refractivity contribution in [2.24, 2.45) is 5.41 Å². The quantitative estimate of drug-likeness (QED) is 0.404. The van der Waals surface area contributed by atoms with Crippen molar-refractivity contribution in [1.82, 2.24) is 4.90 Å². The summed E-state index contributed by atoms with van der Waals surface area (Å²) in [5.74, 6) is -1.71. The van der Waals surface area contributed by atoms with Crippen LogP contribution in [0.2, 0.25) is 0 Å². The highest BCUT2D eigenvalue weighted by molar-refractivity contribution is 6.38. The standard InChI is InChI=1S/C20H27NO5/c1-4-20(2,3)17(22)18(23)21-14-25-13-16(21)19(24)26-12-8-11-15-9-6-5-7-10-15/h5-7,9-10,16H,4,8,11-14H2,1-3H3/t16-/m0/s1. The average molecular weight is 361 g/mol. The number of carbonyl (C=O) groups is 3. The number of rotatable bonds is 8. The Morgan fingerprint density at radius 3 is 2.58 bits per heavy atom. The van der Waals surface area contributed by atoms with Gasteiger partial charge in [0.25, 0.3) is 5.91 Å². The monoisotopic (exact) mass is 361 g/mol. The Hall–Kier alpha value is -2.21. The Balaban J connectivity index is 1.85. The minimum Gasteiger partial charge on any atom is -0.464 e. The average Bonchev–Trinajstić information content (AvgIpc) is 3.14. The van der Waals surface area contributed by atoms with Crippen LogP contribution in [0.1, 0.15) is 39.2 Å². The van der Waals surface area contributed by atoms with Gasteiger partial charge in [0.05, 0.1) is 13.2 Å². The van der Waals surface area contributed by atoms with Crippen LogP contribution in [0.3, 0.4) is 0 Å². The molecule has 1 saturated heterocycles. The highest BCUT2D eigenvalue weighted by atomic mass is 16.5. The van der Waals surface area contributed by atoms with E-state index in [0.29, 0.717) is 12.8 Å². The molecule has 1 aliphatic rings. The molecule has 0 bridgehead atoms. The molecule has 1 aliphatic heterocycles. The van der Waals surface area contributed by atoms with Gasteiger partial charge in [-0.1, -0.05) is 51.1 Å². The van der Waals surface area contributed by atoms with Gasteiger partial charge in [-0.15, -0.1) is 0 Å². The number of ketones is 1. The molecule has 0 spiro atoms. The number of ether oxygens (including phenoxy) is 2. The summed E-state index contributed by atoms with van der Waals surface area (Å²) in [6.45, 7) is 5.56. The SMILES string of the molecule is CCC(C)(C)C(=O)C(=O)N1COC[C@H]1C(=O)OCCCc1ccccc1. The Kier molecular flexibility index (Phi) is 6.91.